The van der Waals surface area contributed by atoms with Gasteiger partial charge in [0.15, 0.2) is 5.78 Å². The molecule has 0 N–H and O–H groups in total. The van der Waals surface area contributed by atoms with E-state index in [0.29, 0.717) is 16.9 Å². The van der Waals surface area contributed by atoms with Gasteiger partial charge in [-0.05, 0) is 45.6 Å². The van der Waals surface area contributed by atoms with E-state index in [9.17, 15) is 4.79 Å². The Kier molecular flexibility index (Phi) is 4.78. The molecule has 1 aliphatic rings. The van der Waals surface area contributed by atoms with Crippen LogP contribution in [0.2, 0.25) is 4.34 Å². The molecule has 0 aromatic carbocycles. The van der Waals surface area contributed by atoms with E-state index in [1.807, 2.05) is 6.07 Å². The van der Waals surface area contributed by atoms with E-state index in [4.69, 9.17) is 11.6 Å². The van der Waals surface area contributed by atoms with E-state index in [-0.39, 0.29) is 5.78 Å². The van der Waals surface area contributed by atoms with E-state index in [0.717, 1.165) is 18.0 Å². The van der Waals surface area contributed by atoms with Gasteiger partial charge in [0.25, 0.3) is 0 Å². The predicted molar refractivity (Wildman–Crippen MR) is 76.8 cm³/mol. The highest BCUT2D eigenvalue weighted by atomic mass is 35.5. The van der Waals surface area contributed by atoms with Crippen molar-refractivity contribution in [2.75, 3.05) is 33.7 Å². The third-order valence-corrected chi connectivity index (χ3v) is 4.54. The van der Waals surface area contributed by atoms with Gasteiger partial charge in [-0.3, -0.25) is 9.69 Å². The molecule has 1 aromatic heterocycles. The van der Waals surface area contributed by atoms with Gasteiger partial charge >= 0.3 is 0 Å². The number of halogens is 1. The van der Waals surface area contributed by atoms with Gasteiger partial charge in [0.2, 0.25) is 0 Å². The summed E-state index contributed by atoms with van der Waals surface area (Å²) >= 11 is 7.24. The average Bonchev–Trinajstić information content (AvgIpc) is 2.88. The van der Waals surface area contributed by atoms with Gasteiger partial charge in [-0.2, -0.15) is 0 Å². The van der Waals surface area contributed by atoms with Crippen LogP contribution in [0.1, 0.15) is 22.5 Å². The Morgan fingerprint density at radius 1 is 1.56 bits per heavy atom. The van der Waals surface area contributed by atoms with Crippen LogP contribution in [-0.4, -0.2) is 55.4 Å². The van der Waals surface area contributed by atoms with Crippen LogP contribution in [0.25, 0.3) is 0 Å². The Labute approximate surface area is 117 Å². The Bertz CT molecular complexity index is 419. The molecule has 1 aromatic rings. The van der Waals surface area contributed by atoms with Gasteiger partial charge < -0.3 is 4.90 Å². The normalized spacial score (nSPS) is 20.8. The molecule has 2 rings (SSSR count). The summed E-state index contributed by atoms with van der Waals surface area (Å²) in [5.41, 5.74) is 0. The second kappa shape index (κ2) is 6.15. The van der Waals surface area contributed by atoms with Gasteiger partial charge in [-0.25, -0.2) is 0 Å². The van der Waals surface area contributed by atoms with Crippen molar-refractivity contribution in [2.45, 2.75) is 18.9 Å². The number of rotatable bonds is 5. The molecule has 0 aliphatic carbocycles. The lowest BCUT2D eigenvalue weighted by molar-refractivity contribution is 0.0914. The SMILES string of the molecule is CN(C)CC1CCCN1CC(=O)c1ccc(Cl)s1. The molecule has 1 fully saturated rings. The van der Waals surface area contributed by atoms with Crippen LogP contribution in [0.3, 0.4) is 0 Å². The molecular weight excluding hydrogens is 268 g/mol. The Balaban J connectivity index is 1.94. The molecular formula is C13H19ClN2OS. The summed E-state index contributed by atoms with van der Waals surface area (Å²) in [6.07, 6.45) is 2.38. The highest BCUT2D eigenvalue weighted by molar-refractivity contribution is 7.18. The third kappa shape index (κ3) is 3.54. The standard InChI is InChI=1S/C13H19ClN2OS/c1-15(2)8-10-4-3-7-16(10)9-11(17)12-5-6-13(14)18-12/h5-6,10H,3-4,7-9H2,1-2H3. The van der Waals surface area contributed by atoms with Crippen molar-refractivity contribution in [3.05, 3.63) is 21.3 Å². The first-order chi connectivity index (χ1) is 8.56. The molecule has 1 saturated heterocycles. The molecule has 18 heavy (non-hydrogen) atoms. The zero-order valence-corrected chi connectivity index (χ0v) is 12.4. The third-order valence-electron chi connectivity index (χ3n) is 3.27. The van der Waals surface area contributed by atoms with Crippen molar-refractivity contribution in [2.24, 2.45) is 0 Å². The number of thiophene rings is 1. The first-order valence-electron chi connectivity index (χ1n) is 6.23. The van der Waals surface area contributed by atoms with E-state index >= 15 is 0 Å². The fourth-order valence-corrected chi connectivity index (χ4v) is 3.43. The summed E-state index contributed by atoms with van der Waals surface area (Å²) < 4.78 is 0.685. The number of hydrogen-bond acceptors (Lipinski definition) is 4. The van der Waals surface area contributed by atoms with Crippen LogP contribution in [0.4, 0.5) is 0 Å². The minimum absolute atomic E-state index is 0.192. The molecule has 1 unspecified atom stereocenters. The van der Waals surface area contributed by atoms with Crippen LogP contribution >= 0.6 is 22.9 Å². The van der Waals surface area contributed by atoms with Crippen molar-refractivity contribution in [3.8, 4) is 0 Å². The monoisotopic (exact) mass is 286 g/mol. The van der Waals surface area contributed by atoms with Crippen LogP contribution in [0.15, 0.2) is 12.1 Å². The summed E-state index contributed by atoms with van der Waals surface area (Å²) in [4.78, 5) is 17.4. The smallest absolute Gasteiger partial charge is 0.186 e. The maximum atomic E-state index is 12.1. The zero-order chi connectivity index (χ0) is 13.1. The zero-order valence-electron chi connectivity index (χ0n) is 10.9. The van der Waals surface area contributed by atoms with Crippen molar-refractivity contribution in [3.63, 3.8) is 0 Å². The molecule has 100 valence electrons. The van der Waals surface area contributed by atoms with Crippen molar-refractivity contribution < 1.29 is 4.79 Å². The van der Waals surface area contributed by atoms with Gasteiger partial charge in [-0.15, -0.1) is 11.3 Å². The van der Waals surface area contributed by atoms with Crippen LogP contribution < -0.4 is 0 Å². The second-order valence-corrected chi connectivity index (χ2v) is 6.77. The Morgan fingerprint density at radius 2 is 2.33 bits per heavy atom. The van der Waals surface area contributed by atoms with E-state index in [1.165, 1.54) is 24.2 Å². The number of Topliss-reactive ketones (excluding diaryl/α,β-unsaturated/α-hetero) is 1. The number of ketones is 1. The first-order valence-corrected chi connectivity index (χ1v) is 7.43. The summed E-state index contributed by atoms with van der Waals surface area (Å²) in [5.74, 6) is 0.192. The molecule has 3 nitrogen and oxygen atoms in total. The molecule has 1 aliphatic heterocycles. The van der Waals surface area contributed by atoms with Crippen molar-refractivity contribution in [1.82, 2.24) is 9.80 Å². The van der Waals surface area contributed by atoms with Crippen LogP contribution in [0.5, 0.6) is 0 Å². The Morgan fingerprint density at radius 3 is 2.94 bits per heavy atom. The summed E-state index contributed by atoms with van der Waals surface area (Å²) in [7, 11) is 4.16. The fraction of sp³-hybridized carbons (Fsp3) is 0.615. The molecule has 0 amide bonds. The molecule has 0 saturated carbocycles. The lowest BCUT2D eigenvalue weighted by Crippen LogP contribution is -2.40. The average molecular weight is 287 g/mol. The van der Waals surface area contributed by atoms with Crippen molar-refractivity contribution in [1.29, 1.82) is 0 Å². The maximum Gasteiger partial charge on any atom is 0.186 e. The number of likely N-dealkylation sites (N-methyl/N-ethyl adjacent to an activating group) is 1. The van der Waals surface area contributed by atoms with Crippen molar-refractivity contribution >= 4 is 28.7 Å². The predicted octanol–water partition coefficient (Wildman–Crippen LogP) is 2.61. The van der Waals surface area contributed by atoms with Gasteiger partial charge in [0, 0.05) is 12.6 Å². The lowest BCUT2D eigenvalue weighted by atomic mass is 10.2. The molecule has 0 bridgehead atoms. The number of nitrogens with zero attached hydrogens (tertiary/aromatic N) is 2. The minimum Gasteiger partial charge on any atom is -0.308 e. The largest absolute Gasteiger partial charge is 0.308 e. The number of carbonyl (C=O) groups excluding carboxylic acids is 1. The van der Waals surface area contributed by atoms with Gasteiger partial charge in [0.05, 0.1) is 15.8 Å². The number of likely N-dealkylation sites (tertiary alicyclic amines) is 1. The first kappa shape index (κ1) is 14.0. The topological polar surface area (TPSA) is 23.6 Å². The van der Waals surface area contributed by atoms with E-state index < -0.39 is 0 Å². The number of carbonyl (C=O) groups is 1. The van der Waals surface area contributed by atoms with E-state index in [2.05, 4.69) is 23.9 Å². The summed E-state index contributed by atoms with van der Waals surface area (Å²) in [6, 6.07) is 4.13. The molecule has 0 radical (unpaired) electrons. The highest BCUT2D eigenvalue weighted by Gasteiger charge is 2.27. The molecule has 5 heteroatoms. The molecule has 1 atom stereocenters. The lowest BCUT2D eigenvalue weighted by Gasteiger charge is -2.26. The summed E-state index contributed by atoms with van der Waals surface area (Å²) in [5, 5.41) is 0. The molecule has 0 spiro atoms. The van der Waals surface area contributed by atoms with Crippen LogP contribution in [-0.2, 0) is 0 Å². The highest BCUT2D eigenvalue weighted by Crippen LogP contribution is 2.23. The Hall–Kier alpha value is -0.420. The maximum absolute atomic E-state index is 12.1. The fourth-order valence-electron chi connectivity index (χ4n) is 2.46. The van der Waals surface area contributed by atoms with Gasteiger partial charge in [0.1, 0.15) is 0 Å². The summed E-state index contributed by atoms with van der Waals surface area (Å²) in [6.45, 7) is 2.58. The minimum atomic E-state index is 0.192. The van der Waals surface area contributed by atoms with Gasteiger partial charge in [-0.1, -0.05) is 11.6 Å². The van der Waals surface area contributed by atoms with Crippen LogP contribution in [0, 0.1) is 0 Å². The quantitative estimate of drug-likeness (QED) is 0.778. The molecule has 2 heterocycles. The second-order valence-electron chi connectivity index (χ2n) is 5.06. The number of hydrogen-bond donors (Lipinski definition) is 0. The van der Waals surface area contributed by atoms with E-state index in [1.54, 1.807) is 6.07 Å².